The van der Waals surface area contributed by atoms with Crippen molar-refractivity contribution in [2.75, 3.05) is 0 Å². The van der Waals surface area contributed by atoms with E-state index in [0.29, 0.717) is 12.1 Å². The molecule has 0 bridgehead atoms. The predicted molar refractivity (Wildman–Crippen MR) is 40.9 cm³/mol. The fourth-order valence-corrected chi connectivity index (χ4v) is 0.775. The minimum Gasteiger partial charge on any atom is -0.384 e. The molecule has 62 valence electrons. The van der Waals surface area contributed by atoms with E-state index in [1.165, 1.54) is 0 Å². The normalized spacial score (nSPS) is 16.4. The molecule has 1 atom stereocenters. The Balaban J connectivity index is 2.92. The van der Waals surface area contributed by atoms with Crippen LogP contribution in [0.3, 0.4) is 0 Å². The molecule has 0 saturated heterocycles. The Morgan fingerprint density at radius 3 is 2.73 bits per heavy atom. The number of nitrogens with zero attached hydrogens (tertiary/aromatic N) is 3. The van der Waals surface area contributed by atoms with Crippen LogP contribution in [-0.4, -0.2) is 20.1 Å². The first-order valence-electron chi connectivity index (χ1n) is 3.65. The highest BCUT2D eigenvalue weighted by Gasteiger charge is 2.23. The Kier molecular flexibility index (Phi) is 1.95. The third-order valence-corrected chi connectivity index (χ3v) is 1.84. The summed E-state index contributed by atoms with van der Waals surface area (Å²) in [5, 5.41) is 17.3. The summed E-state index contributed by atoms with van der Waals surface area (Å²) >= 11 is 0. The first kappa shape index (κ1) is 8.20. The molecule has 1 rings (SSSR count). The maximum absolute atomic E-state index is 9.69. The molecule has 11 heavy (non-hydrogen) atoms. The van der Waals surface area contributed by atoms with Crippen molar-refractivity contribution in [1.82, 2.24) is 15.0 Å². The van der Waals surface area contributed by atoms with Gasteiger partial charge in [-0.15, -0.1) is 5.10 Å². The van der Waals surface area contributed by atoms with Crippen LogP contribution in [0.5, 0.6) is 0 Å². The molecule has 4 nitrogen and oxygen atoms in total. The molecular weight excluding hydrogens is 142 g/mol. The molecule has 0 fully saturated rings. The van der Waals surface area contributed by atoms with E-state index in [1.54, 1.807) is 24.9 Å². The van der Waals surface area contributed by atoms with Crippen LogP contribution >= 0.6 is 0 Å². The monoisotopic (exact) mass is 155 g/mol. The lowest BCUT2D eigenvalue weighted by atomic mass is 10.0. The average molecular weight is 155 g/mol. The number of aryl methyl sites for hydroxylation is 1. The summed E-state index contributed by atoms with van der Waals surface area (Å²) in [6.45, 7) is 3.64. The van der Waals surface area contributed by atoms with Gasteiger partial charge in [-0.1, -0.05) is 12.1 Å². The Morgan fingerprint density at radius 1 is 1.73 bits per heavy atom. The SMILES string of the molecule is CCC(C)(O)c1cn(C)nn1. The van der Waals surface area contributed by atoms with E-state index in [-0.39, 0.29) is 0 Å². The molecule has 1 aromatic heterocycles. The van der Waals surface area contributed by atoms with Gasteiger partial charge in [0.2, 0.25) is 0 Å². The van der Waals surface area contributed by atoms with E-state index in [0.717, 1.165) is 0 Å². The predicted octanol–water partition coefficient (Wildman–Crippen LogP) is 0.433. The summed E-state index contributed by atoms with van der Waals surface area (Å²) in [5.41, 5.74) is -0.212. The van der Waals surface area contributed by atoms with Crippen molar-refractivity contribution in [2.45, 2.75) is 25.9 Å². The van der Waals surface area contributed by atoms with Crippen molar-refractivity contribution in [2.24, 2.45) is 7.05 Å². The van der Waals surface area contributed by atoms with Crippen molar-refractivity contribution >= 4 is 0 Å². The largest absolute Gasteiger partial charge is 0.384 e. The average Bonchev–Trinajstić information content (AvgIpc) is 2.36. The van der Waals surface area contributed by atoms with Gasteiger partial charge in [-0.25, -0.2) is 0 Å². The zero-order valence-electron chi connectivity index (χ0n) is 7.07. The van der Waals surface area contributed by atoms with E-state index >= 15 is 0 Å². The lowest BCUT2D eigenvalue weighted by Gasteiger charge is -2.16. The highest BCUT2D eigenvalue weighted by molar-refractivity contribution is 5.03. The van der Waals surface area contributed by atoms with Gasteiger partial charge in [0, 0.05) is 7.05 Å². The highest BCUT2D eigenvalue weighted by Crippen LogP contribution is 2.20. The summed E-state index contributed by atoms with van der Waals surface area (Å²) in [6.07, 6.45) is 2.37. The van der Waals surface area contributed by atoms with Gasteiger partial charge in [-0.05, 0) is 13.3 Å². The standard InChI is InChI=1S/C7H13N3O/c1-4-7(2,11)6-5-10(3)9-8-6/h5,11H,4H2,1-3H3. The van der Waals surface area contributed by atoms with Crippen LogP contribution in [-0.2, 0) is 12.6 Å². The van der Waals surface area contributed by atoms with E-state index in [9.17, 15) is 5.11 Å². The van der Waals surface area contributed by atoms with Crippen LogP contribution in [0.25, 0.3) is 0 Å². The zero-order chi connectivity index (χ0) is 8.48. The number of hydrogen-bond acceptors (Lipinski definition) is 3. The fourth-order valence-electron chi connectivity index (χ4n) is 0.775. The van der Waals surface area contributed by atoms with Crippen LogP contribution in [0.1, 0.15) is 26.0 Å². The number of aliphatic hydroxyl groups is 1. The van der Waals surface area contributed by atoms with Crippen LogP contribution in [0.2, 0.25) is 0 Å². The van der Waals surface area contributed by atoms with Crippen molar-refractivity contribution in [1.29, 1.82) is 0 Å². The molecular formula is C7H13N3O. The first-order valence-corrected chi connectivity index (χ1v) is 3.65. The number of rotatable bonds is 2. The van der Waals surface area contributed by atoms with Crippen molar-refractivity contribution < 1.29 is 5.11 Å². The molecule has 0 aliphatic rings. The number of aromatic nitrogens is 3. The van der Waals surface area contributed by atoms with Gasteiger partial charge in [-0.2, -0.15) is 0 Å². The minimum absolute atomic E-state index is 0.627. The summed E-state index contributed by atoms with van der Waals surface area (Å²) in [7, 11) is 1.78. The van der Waals surface area contributed by atoms with Gasteiger partial charge in [0.1, 0.15) is 11.3 Å². The second-order valence-electron chi connectivity index (χ2n) is 2.90. The van der Waals surface area contributed by atoms with E-state index in [1.807, 2.05) is 6.92 Å². The van der Waals surface area contributed by atoms with E-state index in [2.05, 4.69) is 10.3 Å². The van der Waals surface area contributed by atoms with Crippen LogP contribution < -0.4 is 0 Å². The molecule has 0 amide bonds. The van der Waals surface area contributed by atoms with Crippen molar-refractivity contribution in [3.05, 3.63) is 11.9 Å². The van der Waals surface area contributed by atoms with Gasteiger partial charge in [0.05, 0.1) is 6.20 Å². The zero-order valence-corrected chi connectivity index (χ0v) is 7.07. The molecule has 0 spiro atoms. The van der Waals surface area contributed by atoms with Gasteiger partial charge in [0.15, 0.2) is 0 Å². The minimum atomic E-state index is -0.839. The summed E-state index contributed by atoms with van der Waals surface area (Å²) in [6, 6.07) is 0. The molecule has 0 aliphatic heterocycles. The Hall–Kier alpha value is -0.900. The van der Waals surface area contributed by atoms with Gasteiger partial charge >= 0.3 is 0 Å². The first-order chi connectivity index (χ1) is 5.06. The lowest BCUT2D eigenvalue weighted by molar-refractivity contribution is 0.0484. The Bertz CT molecular complexity index is 242. The van der Waals surface area contributed by atoms with Crippen LogP contribution in [0.15, 0.2) is 6.20 Å². The number of hydrogen-bond donors (Lipinski definition) is 1. The summed E-state index contributed by atoms with van der Waals surface area (Å²) < 4.78 is 1.58. The fraction of sp³-hybridized carbons (Fsp3) is 0.714. The molecule has 1 unspecified atom stereocenters. The second kappa shape index (κ2) is 2.62. The Morgan fingerprint density at radius 2 is 2.36 bits per heavy atom. The van der Waals surface area contributed by atoms with E-state index < -0.39 is 5.60 Å². The molecule has 1 N–H and O–H groups in total. The van der Waals surface area contributed by atoms with Crippen LogP contribution in [0.4, 0.5) is 0 Å². The van der Waals surface area contributed by atoms with E-state index in [4.69, 9.17) is 0 Å². The Labute approximate surface area is 65.8 Å². The molecule has 1 aromatic rings. The third-order valence-electron chi connectivity index (χ3n) is 1.84. The smallest absolute Gasteiger partial charge is 0.114 e. The molecule has 4 heteroatoms. The van der Waals surface area contributed by atoms with Crippen LogP contribution in [0, 0.1) is 0 Å². The quantitative estimate of drug-likeness (QED) is 0.674. The van der Waals surface area contributed by atoms with Crippen molar-refractivity contribution in [3.8, 4) is 0 Å². The molecule has 0 aliphatic carbocycles. The maximum atomic E-state index is 9.69. The van der Waals surface area contributed by atoms with Gasteiger partial charge in [-0.3, -0.25) is 4.68 Å². The van der Waals surface area contributed by atoms with Crippen molar-refractivity contribution in [3.63, 3.8) is 0 Å². The molecule has 0 aromatic carbocycles. The van der Waals surface area contributed by atoms with Gasteiger partial charge in [0.25, 0.3) is 0 Å². The summed E-state index contributed by atoms with van der Waals surface area (Å²) in [5.74, 6) is 0. The topological polar surface area (TPSA) is 50.9 Å². The molecule has 1 heterocycles. The van der Waals surface area contributed by atoms with Gasteiger partial charge < -0.3 is 5.11 Å². The lowest BCUT2D eigenvalue weighted by Crippen LogP contribution is -2.20. The second-order valence-corrected chi connectivity index (χ2v) is 2.90. The molecule has 0 radical (unpaired) electrons. The molecule has 0 saturated carbocycles. The maximum Gasteiger partial charge on any atom is 0.114 e. The third kappa shape index (κ3) is 1.57. The summed E-state index contributed by atoms with van der Waals surface area (Å²) in [4.78, 5) is 0. The highest BCUT2D eigenvalue weighted by atomic mass is 16.3.